The molecule has 2 aliphatic heterocycles. The number of alkyl carbamates (subject to hydrolysis) is 1. The Morgan fingerprint density at radius 1 is 1.08 bits per heavy atom. The number of piperidine rings is 1. The lowest BCUT2D eigenvalue weighted by Gasteiger charge is -2.49. The van der Waals surface area contributed by atoms with Crippen molar-refractivity contribution in [1.82, 2.24) is 15.5 Å². The van der Waals surface area contributed by atoms with E-state index in [1.54, 1.807) is 0 Å². The molecule has 52 heavy (non-hydrogen) atoms. The fourth-order valence-electron chi connectivity index (χ4n) is 8.61. The van der Waals surface area contributed by atoms with Crippen LogP contribution >= 0.6 is 11.6 Å². The van der Waals surface area contributed by atoms with E-state index >= 15 is 8.78 Å². The minimum atomic E-state index is -4.93. The highest BCUT2D eigenvalue weighted by Crippen LogP contribution is 2.52. The molecule has 3 fully saturated rings. The maximum Gasteiger partial charge on any atom is 0.522 e. The Hall–Kier alpha value is -3.00. The minimum absolute atomic E-state index is 0.0240. The average molecular weight is 762 g/mol. The molecule has 1 aromatic carbocycles. The van der Waals surface area contributed by atoms with E-state index in [1.807, 2.05) is 6.92 Å². The van der Waals surface area contributed by atoms with Gasteiger partial charge in [0.25, 0.3) is 5.91 Å². The van der Waals surface area contributed by atoms with Gasteiger partial charge in [-0.2, -0.15) is 0 Å². The van der Waals surface area contributed by atoms with Gasteiger partial charge in [0.1, 0.15) is 23.6 Å². The lowest BCUT2D eigenvalue weighted by atomic mass is 9.65. The first-order valence-electron chi connectivity index (χ1n) is 18.6. The zero-order chi connectivity index (χ0) is 37.8. The Labute approximate surface area is 306 Å². The van der Waals surface area contributed by atoms with Gasteiger partial charge >= 0.3 is 12.5 Å². The predicted octanol–water partition coefficient (Wildman–Crippen LogP) is 8.44. The summed E-state index contributed by atoms with van der Waals surface area (Å²) in [6, 6.07) is 0.284. The van der Waals surface area contributed by atoms with E-state index in [0.29, 0.717) is 19.3 Å². The number of nitrogens with zero attached hydrogens (tertiary/aromatic N) is 1. The fraction of sp³-hybridized carbons (Fsp3) is 0.730. The minimum Gasteiger partial charge on any atom is -0.446 e. The predicted molar refractivity (Wildman–Crippen MR) is 181 cm³/mol. The van der Waals surface area contributed by atoms with Crippen LogP contribution in [0.4, 0.5) is 26.7 Å². The SMILES string of the molecule is CCCCCCCCCC1C(C)CCCC(C2(F)CC(OC(=O)NCc3cc(Cl)c4c(c3F)C(=O)N(C3CCC(=O)NC3=O)C4)C2)C1OC(F)(F)F. The number of alkyl halides is 4. The standard InChI is InChI=1S/C37H49ClF5N3O6/c1-3-4-5-6-7-8-9-12-24-21(2)11-10-13-26(32(24)52-37(41,42)43)36(40)17-23(18-36)51-35(50)44-19-22-16-27(38)25-20-46(34(49)30(25)31(22)39)28-14-15-29(47)45-33(28)48/h16,21,23-24,26,28,32H,3-15,17-20H2,1-2H3,(H,44,50)(H,45,47,48). The van der Waals surface area contributed by atoms with Crippen molar-refractivity contribution in [2.75, 3.05) is 0 Å². The van der Waals surface area contributed by atoms with Crippen LogP contribution in [0.1, 0.15) is 132 Å². The second-order valence-corrected chi connectivity index (χ2v) is 15.4. The summed E-state index contributed by atoms with van der Waals surface area (Å²) in [5.74, 6) is -4.37. The van der Waals surface area contributed by atoms with Gasteiger partial charge in [-0.1, -0.05) is 83.2 Å². The molecule has 0 spiro atoms. The van der Waals surface area contributed by atoms with Crippen molar-refractivity contribution in [2.45, 2.75) is 154 Å². The molecule has 1 saturated heterocycles. The van der Waals surface area contributed by atoms with Crippen LogP contribution in [0, 0.1) is 23.6 Å². The largest absolute Gasteiger partial charge is 0.522 e. The van der Waals surface area contributed by atoms with Gasteiger partial charge in [0.15, 0.2) is 0 Å². The van der Waals surface area contributed by atoms with Crippen molar-refractivity contribution in [2.24, 2.45) is 17.8 Å². The number of fused-ring (bicyclic) bond motifs is 1. The molecule has 290 valence electrons. The summed E-state index contributed by atoms with van der Waals surface area (Å²) < 4.78 is 83.5. The van der Waals surface area contributed by atoms with E-state index < -0.39 is 78.3 Å². The number of hydrogen-bond acceptors (Lipinski definition) is 6. The lowest BCUT2D eigenvalue weighted by molar-refractivity contribution is -0.362. The van der Waals surface area contributed by atoms with Gasteiger partial charge in [0.05, 0.1) is 11.7 Å². The van der Waals surface area contributed by atoms with Crippen LogP contribution in [-0.4, -0.2) is 59.0 Å². The number of benzene rings is 1. The summed E-state index contributed by atoms with van der Waals surface area (Å²) in [6.07, 6.45) is 0.530. The number of unbranched alkanes of at least 4 members (excludes halogenated alkanes) is 6. The summed E-state index contributed by atoms with van der Waals surface area (Å²) in [4.78, 5) is 51.0. The van der Waals surface area contributed by atoms with E-state index in [0.717, 1.165) is 49.8 Å². The number of imide groups is 1. The molecule has 15 heteroatoms. The molecule has 1 aromatic rings. The van der Waals surface area contributed by atoms with Crippen molar-refractivity contribution >= 4 is 35.4 Å². The monoisotopic (exact) mass is 761 g/mol. The first-order valence-corrected chi connectivity index (χ1v) is 19.0. The fourth-order valence-corrected chi connectivity index (χ4v) is 8.89. The van der Waals surface area contributed by atoms with E-state index in [4.69, 9.17) is 21.1 Å². The van der Waals surface area contributed by atoms with E-state index in [1.165, 1.54) is 6.07 Å². The van der Waals surface area contributed by atoms with Gasteiger partial charge in [-0.25, -0.2) is 13.6 Å². The molecule has 9 nitrogen and oxygen atoms in total. The Morgan fingerprint density at radius 2 is 1.77 bits per heavy atom. The molecule has 0 aromatic heterocycles. The van der Waals surface area contributed by atoms with Crippen LogP contribution in [0.3, 0.4) is 0 Å². The highest BCUT2D eigenvalue weighted by atomic mass is 35.5. The number of ether oxygens (including phenoxy) is 2. The van der Waals surface area contributed by atoms with Crippen LogP contribution in [0.2, 0.25) is 5.02 Å². The quantitative estimate of drug-likeness (QED) is 0.0852. The second kappa shape index (κ2) is 17.0. The summed E-state index contributed by atoms with van der Waals surface area (Å²) in [6.45, 7) is 3.49. The van der Waals surface area contributed by atoms with Crippen molar-refractivity contribution < 1.29 is 50.6 Å². The highest BCUT2D eigenvalue weighted by molar-refractivity contribution is 6.32. The number of halogens is 6. The molecular weight excluding hydrogens is 713 g/mol. The molecule has 2 saturated carbocycles. The maximum absolute atomic E-state index is 16.5. The summed E-state index contributed by atoms with van der Waals surface area (Å²) in [5, 5.41) is 4.61. The topological polar surface area (TPSA) is 114 Å². The third-order valence-corrected chi connectivity index (χ3v) is 11.7. The van der Waals surface area contributed by atoms with Gasteiger partial charge < -0.3 is 15.0 Å². The number of carbonyl (C=O) groups excluding carboxylic acids is 4. The second-order valence-electron chi connectivity index (χ2n) is 15.0. The number of nitrogens with one attached hydrogen (secondary N) is 2. The molecule has 0 radical (unpaired) electrons. The van der Waals surface area contributed by atoms with Gasteiger partial charge in [-0.15, -0.1) is 13.2 Å². The van der Waals surface area contributed by atoms with Gasteiger partial charge in [0, 0.05) is 54.4 Å². The summed E-state index contributed by atoms with van der Waals surface area (Å²) in [7, 11) is 0. The van der Waals surface area contributed by atoms with E-state index in [-0.39, 0.29) is 66.3 Å². The molecule has 2 N–H and O–H groups in total. The normalized spacial score (nSPS) is 29.3. The number of rotatable bonds is 14. The molecule has 5 unspecified atom stereocenters. The molecule has 4 aliphatic rings. The van der Waals surface area contributed by atoms with Crippen molar-refractivity contribution in [1.29, 1.82) is 0 Å². The third kappa shape index (κ3) is 9.37. The zero-order valence-corrected chi connectivity index (χ0v) is 30.5. The Morgan fingerprint density at radius 3 is 2.44 bits per heavy atom. The maximum atomic E-state index is 16.5. The summed E-state index contributed by atoms with van der Waals surface area (Å²) >= 11 is 6.39. The van der Waals surface area contributed by atoms with Crippen molar-refractivity contribution in [3.8, 4) is 0 Å². The smallest absolute Gasteiger partial charge is 0.446 e. The number of amides is 4. The van der Waals surface area contributed by atoms with Crippen LogP contribution < -0.4 is 10.6 Å². The first kappa shape index (κ1) is 40.2. The van der Waals surface area contributed by atoms with E-state index in [9.17, 15) is 32.3 Å². The van der Waals surface area contributed by atoms with Crippen molar-refractivity contribution in [3.05, 3.63) is 33.6 Å². The molecule has 5 atom stereocenters. The molecule has 4 amide bonds. The van der Waals surface area contributed by atoms with Crippen LogP contribution in [-0.2, 0) is 32.2 Å². The molecular formula is C37H49ClF5N3O6. The zero-order valence-electron chi connectivity index (χ0n) is 29.7. The lowest BCUT2D eigenvalue weighted by Crippen LogP contribution is -2.56. The van der Waals surface area contributed by atoms with Crippen molar-refractivity contribution in [3.63, 3.8) is 0 Å². The molecule has 2 aliphatic carbocycles. The summed E-state index contributed by atoms with van der Waals surface area (Å²) in [5.41, 5.74) is -2.29. The van der Waals surface area contributed by atoms with E-state index in [2.05, 4.69) is 17.6 Å². The van der Waals surface area contributed by atoms with Gasteiger partial charge in [-0.3, -0.25) is 24.4 Å². The number of carbonyl (C=O) groups is 4. The van der Waals surface area contributed by atoms with Crippen LogP contribution in [0.25, 0.3) is 0 Å². The molecule has 0 bridgehead atoms. The Balaban J connectivity index is 1.17. The van der Waals surface area contributed by atoms with Gasteiger partial charge in [0.2, 0.25) is 11.8 Å². The first-order chi connectivity index (χ1) is 24.6. The highest BCUT2D eigenvalue weighted by Gasteiger charge is 2.58. The van der Waals surface area contributed by atoms with Crippen LogP contribution in [0.15, 0.2) is 6.07 Å². The Bertz CT molecular complexity index is 1490. The van der Waals surface area contributed by atoms with Gasteiger partial charge in [-0.05, 0) is 37.2 Å². The average Bonchev–Trinajstić information content (AvgIpc) is 3.32. The number of hydrogen-bond donors (Lipinski definition) is 2. The third-order valence-electron chi connectivity index (χ3n) is 11.4. The molecule has 5 rings (SSSR count). The van der Waals surface area contributed by atoms with Crippen LogP contribution in [0.5, 0.6) is 0 Å². The Kier molecular flexibility index (Phi) is 13.1. The molecule has 2 heterocycles.